The van der Waals surface area contributed by atoms with Gasteiger partial charge >= 0.3 is 0 Å². The first kappa shape index (κ1) is 16.7. The van der Waals surface area contributed by atoms with Crippen molar-refractivity contribution in [1.29, 1.82) is 0 Å². The molecule has 0 bridgehead atoms. The molecule has 0 aromatic carbocycles. The van der Waals surface area contributed by atoms with Crippen molar-refractivity contribution < 1.29 is 4.79 Å². The number of nitrogens with one attached hydrogen (secondary N) is 2. The van der Waals surface area contributed by atoms with Crippen LogP contribution in [0.25, 0.3) is 0 Å². The van der Waals surface area contributed by atoms with Crippen molar-refractivity contribution in [2.24, 2.45) is 0 Å². The second-order valence-electron chi connectivity index (χ2n) is 5.78. The monoisotopic (exact) mass is 345 g/mol. The highest BCUT2D eigenvalue weighted by atomic mass is 32.1. The maximum Gasteiger partial charge on any atom is 0.263 e. The molecule has 1 amide bonds. The number of carbonyl (C=O) groups is 1. The van der Waals surface area contributed by atoms with Crippen LogP contribution in [0.2, 0.25) is 0 Å². The average molecular weight is 345 g/mol. The molecule has 3 heterocycles. The molecule has 1 fully saturated rings. The Labute approximate surface area is 146 Å². The topological polar surface area (TPSA) is 70.1 Å². The van der Waals surface area contributed by atoms with Gasteiger partial charge in [-0.05, 0) is 32.3 Å². The summed E-state index contributed by atoms with van der Waals surface area (Å²) in [6.07, 6.45) is 7.13. The fraction of sp³-hybridized carbons (Fsp3) is 0.471. The van der Waals surface area contributed by atoms with Gasteiger partial charge < -0.3 is 15.5 Å². The second-order valence-corrected chi connectivity index (χ2v) is 6.81. The first-order valence-electron chi connectivity index (χ1n) is 8.44. The van der Waals surface area contributed by atoms with E-state index in [9.17, 15) is 4.79 Å². The minimum Gasteiger partial charge on any atom is -0.362 e. The molecule has 2 N–H and O–H groups in total. The van der Waals surface area contributed by atoms with Gasteiger partial charge in [0.05, 0.1) is 6.20 Å². The van der Waals surface area contributed by atoms with Gasteiger partial charge in [0.1, 0.15) is 10.7 Å². The molecule has 128 valence electrons. The molecular formula is C17H23N5OS. The normalized spacial score (nSPS) is 14.5. The number of thiazole rings is 1. The molecule has 0 atom stereocenters. The summed E-state index contributed by atoms with van der Waals surface area (Å²) in [6.45, 7) is 5.36. The molecule has 2 aromatic heterocycles. The van der Waals surface area contributed by atoms with Crippen molar-refractivity contribution in [3.63, 3.8) is 0 Å². The van der Waals surface area contributed by atoms with Crippen LogP contribution in [0.1, 0.15) is 41.4 Å². The van der Waals surface area contributed by atoms with Crippen LogP contribution in [0.5, 0.6) is 0 Å². The summed E-state index contributed by atoms with van der Waals surface area (Å²) < 4.78 is 0. The zero-order valence-corrected chi connectivity index (χ0v) is 14.7. The van der Waals surface area contributed by atoms with Crippen molar-refractivity contribution in [2.45, 2.75) is 32.7 Å². The van der Waals surface area contributed by atoms with Crippen LogP contribution in [0.15, 0.2) is 24.5 Å². The van der Waals surface area contributed by atoms with Crippen LogP contribution in [0.4, 0.5) is 10.9 Å². The van der Waals surface area contributed by atoms with E-state index in [2.05, 4.69) is 25.5 Å². The van der Waals surface area contributed by atoms with E-state index in [-0.39, 0.29) is 5.91 Å². The van der Waals surface area contributed by atoms with Crippen LogP contribution >= 0.6 is 11.3 Å². The molecule has 0 saturated carbocycles. The Bertz CT molecular complexity index is 681. The van der Waals surface area contributed by atoms with Gasteiger partial charge in [-0.2, -0.15) is 0 Å². The summed E-state index contributed by atoms with van der Waals surface area (Å²) in [4.78, 5) is 24.0. The van der Waals surface area contributed by atoms with E-state index in [1.54, 1.807) is 6.20 Å². The largest absolute Gasteiger partial charge is 0.362 e. The molecule has 6 nitrogen and oxygen atoms in total. The summed E-state index contributed by atoms with van der Waals surface area (Å²) in [5, 5.41) is 6.88. The molecule has 1 saturated heterocycles. The molecule has 1 aliphatic rings. The summed E-state index contributed by atoms with van der Waals surface area (Å²) >= 11 is 1.37. The lowest BCUT2D eigenvalue weighted by atomic mass is 10.1. The smallest absolute Gasteiger partial charge is 0.263 e. The Hall–Kier alpha value is -2.15. The molecule has 24 heavy (non-hydrogen) atoms. The summed E-state index contributed by atoms with van der Waals surface area (Å²) in [6, 6.07) is 3.96. The number of hydrogen-bond acceptors (Lipinski definition) is 6. The van der Waals surface area contributed by atoms with Gasteiger partial charge in [-0.25, -0.2) is 9.97 Å². The first-order chi connectivity index (χ1) is 11.8. The van der Waals surface area contributed by atoms with Crippen LogP contribution in [-0.4, -0.2) is 35.5 Å². The number of nitrogens with zero attached hydrogens (tertiary/aromatic N) is 3. The van der Waals surface area contributed by atoms with Gasteiger partial charge in [-0.3, -0.25) is 4.79 Å². The number of hydrogen-bond donors (Lipinski definition) is 2. The number of aromatic nitrogens is 2. The standard InChI is InChI=1S/C17H23N5OS/c1-2-18-17-21-12-14(24-17)16(23)20-11-13-7-6-8-19-15(13)22-9-4-3-5-10-22/h6-8,12H,2-5,9-11H2,1H3,(H,18,21)(H,20,23). The minimum atomic E-state index is -0.0925. The molecule has 0 spiro atoms. The van der Waals surface area contributed by atoms with Crippen molar-refractivity contribution in [3.8, 4) is 0 Å². The van der Waals surface area contributed by atoms with Crippen LogP contribution < -0.4 is 15.5 Å². The number of pyridine rings is 1. The fourth-order valence-corrected chi connectivity index (χ4v) is 3.63. The van der Waals surface area contributed by atoms with E-state index in [0.717, 1.165) is 36.1 Å². The quantitative estimate of drug-likeness (QED) is 0.842. The van der Waals surface area contributed by atoms with E-state index in [4.69, 9.17) is 0 Å². The summed E-state index contributed by atoms with van der Waals surface area (Å²) in [5.74, 6) is 0.903. The number of amides is 1. The lowest BCUT2D eigenvalue weighted by Gasteiger charge is -2.29. The van der Waals surface area contributed by atoms with Crippen LogP contribution in [-0.2, 0) is 6.54 Å². The van der Waals surface area contributed by atoms with Crippen LogP contribution in [0.3, 0.4) is 0 Å². The van der Waals surface area contributed by atoms with Gasteiger partial charge in [0.15, 0.2) is 5.13 Å². The van der Waals surface area contributed by atoms with E-state index < -0.39 is 0 Å². The molecule has 3 rings (SSSR count). The third-order valence-electron chi connectivity index (χ3n) is 4.02. The van der Waals surface area contributed by atoms with Crippen molar-refractivity contribution in [2.75, 3.05) is 29.9 Å². The molecular weight excluding hydrogens is 322 g/mol. The highest BCUT2D eigenvalue weighted by Gasteiger charge is 2.16. The Morgan fingerprint density at radius 3 is 2.92 bits per heavy atom. The van der Waals surface area contributed by atoms with Gasteiger partial charge in [-0.1, -0.05) is 17.4 Å². The van der Waals surface area contributed by atoms with Gasteiger partial charge in [0.2, 0.25) is 0 Å². The molecule has 1 aliphatic heterocycles. The maximum absolute atomic E-state index is 12.3. The zero-order valence-electron chi connectivity index (χ0n) is 13.9. The van der Waals surface area contributed by atoms with Gasteiger partial charge in [0.25, 0.3) is 5.91 Å². The van der Waals surface area contributed by atoms with E-state index >= 15 is 0 Å². The molecule has 2 aromatic rings. The van der Waals surface area contributed by atoms with Crippen molar-refractivity contribution in [1.82, 2.24) is 15.3 Å². The van der Waals surface area contributed by atoms with E-state index in [1.165, 1.54) is 30.6 Å². The molecule has 0 aliphatic carbocycles. The minimum absolute atomic E-state index is 0.0925. The summed E-state index contributed by atoms with van der Waals surface area (Å²) in [5.41, 5.74) is 1.06. The Morgan fingerprint density at radius 1 is 1.29 bits per heavy atom. The number of rotatable bonds is 6. The predicted molar refractivity (Wildman–Crippen MR) is 97.7 cm³/mol. The van der Waals surface area contributed by atoms with Gasteiger partial charge in [-0.15, -0.1) is 0 Å². The van der Waals surface area contributed by atoms with Crippen molar-refractivity contribution in [3.05, 3.63) is 35.0 Å². The Morgan fingerprint density at radius 2 is 2.12 bits per heavy atom. The highest BCUT2D eigenvalue weighted by Crippen LogP contribution is 2.22. The van der Waals surface area contributed by atoms with Crippen LogP contribution in [0, 0.1) is 0 Å². The summed E-state index contributed by atoms with van der Waals surface area (Å²) in [7, 11) is 0. The number of piperidine rings is 1. The SMILES string of the molecule is CCNc1ncc(C(=O)NCc2cccnc2N2CCCCC2)s1. The van der Waals surface area contributed by atoms with Gasteiger partial charge in [0, 0.05) is 37.9 Å². The van der Waals surface area contributed by atoms with Crippen molar-refractivity contribution >= 4 is 28.2 Å². The second kappa shape index (κ2) is 8.10. The number of anilines is 2. The molecule has 0 radical (unpaired) electrons. The lowest BCUT2D eigenvalue weighted by molar-refractivity contribution is 0.0955. The maximum atomic E-state index is 12.3. The number of carbonyl (C=O) groups excluding carboxylic acids is 1. The average Bonchev–Trinajstić information content (AvgIpc) is 3.10. The third kappa shape index (κ3) is 4.03. The zero-order chi connectivity index (χ0) is 16.8. The first-order valence-corrected chi connectivity index (χ1v) is 9.26. The molecule has 7 heteroatoms. The predicted octanol–water partition coefficient (Wildman–Crippen LogP) is 2.89. The third-order valence-corrected chi connectivity index (χ3v) is 4.97. The fourth-order valence-electron chi connectivity index (χ4n) is 2.83. The van der Waals surface area contributed by atoms with E-state index in [1.807, 2.05) is 25.3 Å². The Kier molecular flexibility index (Phi) is 5.63. The van der Waals surface area contributed by atoms with E-state index in [0.29, 0.717) is 11.4 Å². The Balaban J connectivity index is 1.64. The lowest BCUT2D eigenvalue weighted by Crippen LogP contribution is -2.32. The molecule has 0 unspecified atom stereocenters. The highest BCUT2D eigenvalue weighted by molar-refractivity contribution is 7.17.